The zero-order valence-electron chi connectivity index (χ0n) is 15.7. The Morgan fingerprint density at radius 1 is 1.35 bits per heavy atom. The van der Waals surface area contributed by atoms with E-state index in [0.717, 1.165) is 38.8 Å². The van der Waals surface area contributed by atoms with Crippen LogP contribution < -0.4 is 4.90 Å². The highest BCUT2D eigenvalue weighted by Crippen LogP contribution is 2.39. The highest BCUT2D eigenvalue weighted by Gasteiger charge is 2.46. The minimum absolute atomic E-state index is 0.217. The van der Waals surface area contributed by atoms with Crippen LogP contribution in [-0.2, 0) is 4.79 Å². The Labute approximate surface area is 155 Å². The first kappa shape index (κ1) is 18.8. The van der Waals surface area contributed by atoms with Gasteiger partial charge >= 0.3 is 0 Å². The summed E-state index contributed by atoms with van der Waals surface area (Å²) in [6.07, 6.45) is 12.3. The van der Waals surface area contributed by atoms with Crippen molar-refractivity contribution in [3.05, 3.63) is 30.6 Å². The molecule has 0 radical (unpaired) electrons. The Kier molecular flexibility index (Phi) is 6.25. The number of hydrogen-bond acceptors (Lipinski definition) is 5. The van der Waals surface area contributed by atoms with E-state index < -0.39 is 0 Å². The largest absolute Gasteiger partial charge is 0.392 e. The van der Waals surface area contributed by atoms with Crippen LogP contribution in [0.2, 0.25) is 0 Å². The second kappa shape index (κ2) is 8.62. The summed E-state index contributed by atoms with van der Waals surface area (Å²) >= 11 is 0. The van der Waals surface area contributed by atoms with Crippen LogP contribution in [0.4, 0.5) is 5.95 Å². The van der Waals surface area contributed by atoms with Crippen LogP contribution in [0.1, 0.15) is 45.4 Å². The summed E-state index contributed by atoms with van der Waals surface area (Å²) in [5, 5.41) is 10.8. The van der Waals surface area contributed by atoms with Gasteiger partial charge in [-0.2, -0.15) is 0 Å². The molecule has 6 nitrogen and oxygen atoms in total. The van der Waals surface area contributed by atoms with Crippen molar-refractivity contribution in [1.82, 2.24) is 14.9 Å². The van der Waals surface area contributed by atoms with Gasteiger partial charge in [-0.3, -0.25) is 4.79 Å². The molecule has 0 bridgehead atoms. The van der Waals surface area contributed by atoms with E-state index in [9.17, 15) is 9.90 Å². The molecule has 142 valence electrons. The number of piperidine rings is 2. The minimum atomic E-state index is -0.374. The second-order valence-corrected chi connectivity index (χ2v) is 7.52. The van der Waals surface area contributed by atoms with E-state index in [2.05, 4.69) is 20.9 Å². The van der Waals surface area contributed by atoms with Crippen molar-refractivity contribution < 1.29 is 9.90 Å². The smallest absolute Gasteiger partial charge is 0.225 e. The molecule has 1 spiro atoms. The number of hydrogen-bond donors (Lipinski definition) is 1. The first-order valence-electron chi connectivity index (χ1n) is 9.73. The topological polar surface area (TPSA) is 69.6 Å². The van der Waals surface area contributed by atoms with Crippen LogP contribution in [0.5, 0.6) is 0 Å². The number of carbonyl (C=O) groups excluding carboxylic acids is 1. The molecule has 3 heterocycles. The van der Waals surface area contributed by atoms with Crippen molar-refractivity contribution in [3.8, 4) is 0 Å². The van der Waals surface area contributed by atoms with Gasteiger partial charge in [0.1, 0.15) is 0 Å². The Morgan fingerprint density at radius 3 is 2.92 bits per heavy atom. The van der Waals surface area contributed by atoms with Crippen molar-refractivity contribution in [1.29, 1.82) is 0 Å². The molecule has 1 N–H and O–H groups in total. The lowest BCUT2D eigenvalue weighted by atomic mass is 9.71. The van der Waals surface area contributed by atoms with Gasteiger partial charge in [0.15, 0.2) is 0 Å². The maximum atomic E-state index is 12.6. The molecule has 0 aliphatic carbocycles. The molecule has 0 saturated carbocycles. The van der Waals surface area contributed by atoms with Gasteiger partial charge in [0.2, 0.25) is 11.9 Å². The first-order chi connectivity index (χ1) is 12.6. The van der Waals surface area contributed by atoms with Crippen molar-refractivity contribution in [2.75, 3.05) is 31.1 Å². The SMILES string of the molecule is C/C=C/CCCC(=O)N1CCC[C@]2(C1)CN(c1ncccn1)CC[C@H]2O. The molecule has 3 rings (SSSR count). The summed E-state index contributed by atoms with van der Waals surface area (Å²) in [6, 6.07) is 1.81. The number of aliphatic hydroxyl groups excluding tert-OH is 1. The Bertz CT molecular complexity index is 621. The first-order valence-corrected chi connectivity index (χ1v) is 9.73. The Morgan fingerprint density at radius 2 is 2.15 bits per heavy atom. The summed E-state index contributed by atoms with van der Waals surface area (Å²) < 4.78 is 0. The predicted molar refractivity (Wildman–Crippen MR) is 102 cm³/mol. The van der Waals surface area contributed by atoms with E-state index in [1.54, 1.807) is 12.4 Å². The summed E-state index contributed by atoms with van der Waals surface area (Å²) in [7, 11) is 0. The molecule has 2 aliphatic rings. The lowest BCUT2D eigenvalue weighted by Crippen LogP contribution is -2.60. The number of amides is 1. The standard InChI is InChI=1S/C20H30N4O2/c1-2-3-4-5-8-18(26)23-13-6-10-20(15-23)16-24(14-9-17(20)25)19-21-11-7-12-22-19/h2-3,7,11-12,17,25H,4-6,8-10,13-16H2,1H3/b3-2+/t17-,20+/m1/s1. The molecular weight excluding hydrogens is 328 g/mol. The number of rotatable bonds is 5. The van der Waals surface area contributed by atoms with Gasteiger partial charge < -0.3 is 14.9 Å². The van der Waals surface area contributed by atoms with Gasteiger partial charge in [0.05, 0.1) is 6.10 Å². The van der Waals surface area contributed by atoms with Crippen LogP contribution in [0.25, 0.3) is 0 Å². The maximum absolute atomic E-state index is 12.6. The number of unbranched alkanes of at least 4 members (excludes halogenated alkanes) is 1. The molecule has 1 amide bonds. The van der Waals surface area contributed by atoms with E-state index in [4.69, 9.17) is 0 Å². The van der Waals surface area contributed by atoms with E-state index in [1.807, 2.05) is 24.0 Å². The van der Waals surface area contributed by atoms with E-state index in [0.29, 0.717) is 31.9 Å². The van der Waals surface area contributed by atoms with Crippen LogP contribution >= 0.6 is 0 Å². The van der Waals surface area contributed by atoms with E-state index in [1.165, 1.54) is 0 Å². The van der Waals surface area contributed by atoms with Gasteiger partial charge in [-0.05, 0) is 45.1 Å². The third-order valence-electron chi connectivity index (χ3n) is 5.68. The number of likely N-dealkylation sites (tertiary alicyclic amines) is 1. The lowest BCUT2D eigenvalue weighted by Gasteiger charge is -2.51. The van der Waals surface area contributed by atoms with E-state index in [-0.39, 0.29) is 17.4 Å². The zero-order chi connectivity index (χ0) is 18.4. The third kappa shape index (κ3) is 4.23. The Balaban J connectivity index is 1.66. The molecule has 0 aromatic carbocycles. The predicted octanol–water partition coefficient (Wildman–Crippen LogP) is 2.40. The van der Waals surface area contributed by atoms with Crippen molar-refractivity contribution in [3.63, 3.8) is 0 Å². The van der Waals surface area contributed by atoms with Crippen LogP contribution in [0.3, 0.4) is 0 Å². The zero-order valence-corrected chi connectivity index (χ0v) is 15.7. The quantitative estimate of drug-likeness (QED) is 0.646. The molecule has 1 aromatic rings. The van der Waals surface area contributed by atoms with Gasteiger partial charge in [0, 0.05) is 50.4 Å². The molecular formula is C20H30N4O2. The average Bonchev–Trinajstić information content (AvgIpc) is 2.68. The third-order valence-corrected chi connectivity index (χ3v) is 5.68. The van der Waals surface area contributed by atoms with Crippen LogP contribution in [0, 0.1) is 5.41 Å². The van der Waals surface area contributed by atoms with Gasteiger partial charge in [-0.25, -0.2) is 9.97 Å². The summed E-state index contributed by atoms with van der Waals surface area (Å²) in [6.45, 7) is 4.91. The second-order valence-electron chi connectivity index (χ2n) is 7.52. The molecule has 2 fully saturated rings. The number of nitrogens with zero attached hydrogens (tertiary/aromatic N) is 4. The fourth-order valence-electron chi connectivity index (χ4n) is 4.24. The molecule has 2 atom stereocenters. The van der Waals surface area contributed by atoms with Crippen LogP contribution in [-0.4, -0.2) is 58.2 Å². The fraction of sp³-hybridized carbons (Fsp3) is 0.650. The fourth-order valence-corrected chi connectivity index (χ4v) is 4.24. The number of allylic oxidation sites excluding steroid dienone is 2. The number of aliphatic hydroxyl groups is 1. The average molecular weight is 358 g/mol. The summed E-state index contributed by atoms with van der Waals surface area (Å²) in [4.78, 5) is 25.5. The molecule has 1 aromatic heterocycles. The highest BCUT2D eigenvalue weighted by atomic mass is 16.3. The van der Waals surface area contributed by atoms with E-state index >= 15 is 0 Å². The van der Waals surface area contributed by atoms with Crippen LogP contribution in [0.15, 0.2) is 30.6 Å². The van der Waals surface area contributed by atoms with Crippen molar-refractivity contribution in [2.24, 2.45) is 5.41 Å². The Hall–Kier alpha value is -1.95. The summed E-state index contributed by atoms with van der Waals surface area (Å²) in [5.74, 6) is 0.933. The number of carbonyl (C=O) groups is 1. The molecule has 2 saturated heterocycles. The van der Waals surface area contributed by atoms with Gasteiger partial charge in [0.25, 0.3) is 0 Å². The summed E-state index contributed by atoms with van der Waals surface area (Å²) in [5.41, 5.74) is -0.269. The maximum Gasteiger partial charge on any atom is 0.225 e. The minimum Gasteiger partial charge on any atom is -0.392 e. The number of aromatic nitrogens is 2. The monoisotopic (exact) mass is 358 g/mol. The van der Waals surface area contributed by atoms with Crippen molar-refractivity contribution >= 4 is 11.9 Å². The molecule has 2 aliphatic heterocycles. The normalized spacial score (nSPS) is 26.6. The van der Waals surface area contributed by atoms with Gasteiger partial charge in [-0.1, -0.05) is 12.2 Å². The highest BCUT2D eigenvalue weighted by molar-refractivity contribution is 5.76. The number of anilines is 1. The lowest BCUT2D eigenvalue weighted by molar-refractivity contribution is -0.138. The molecule has 26 heavy (non-hydrogen) atoms. The van der Waals surface area contributed by atoms with Gasteiger partial charge in [-0.15, -0.1) is 0 Å². The van der Waals surface area contributed by atoms with Crippen molar-refractivity contribution in [2.45, 2.75) is 51.6 Å². The molecule has 0 unspecified atom stereocenters. The molecule has 6 heteroatoms.